The van der Waals surface area contributed by atoms with Crippen molar-refractivity contribution in [2.45, 2.75) is 47.0 Å². The Kier molecular flexibility index (Phi) is 11.8. The second-order valence-corrected chi connectivity index (χ2v) is 6.87. The predicted molar refractivity (Wildman–Crippen MR) is 100 cm³/mol. The van der Waals surface area contributed by atoms with E-state index in [1.165, 1.54) is 0 Å². The number of hydrogen-bond acceptors (Lipinski definition) is 7. The van der Waals surface area contributed by atoms with Crippen LogP contribution in [0.3, 0.4) is 0 Å². The molecule has 0 heterocycles. The van der Waals surface area contributed by atoms with E-state index in [9.17, 15) is 9.59 Å². The van der Waals surface area contributed by atoms with Gasteiger partial charge in [-0.3, -0.25) is 0 Å². The van der Waals surface area contributed by atoms with E-state index in [4.69, 9.17) is 20.0 Å². The molecule has 0 aromatic heterocycles. The average molecular weight is 375 g/mol. The summed E-state index contributed by atoms with van der Waals surface area (Å²) >= 11 is 1.80. The second-order valence-electron chi connectivity index (χ2n) is 5.88. The van der Waals surface area contributed by atoms with Crippen LogP contribution >= 0.6 is 11.8 Å². The van der Waals surface area contributed by atoms with Crippen LogP contribution in [0.15, 0.2) is 17.0 Å². The van der Waals surface area contributed by atoms with Crippen LogP contribution in [0.2, 0.25) is 0 Å². The SMILES string of the molecule is CCOC(=O)/C=C(/O/N=C(\N)C(C)(C)CCCCSC)C(=O)OCC. The first-order chi connectivity index (χ1) is 11.8. The maximum Gasteiger partial charge on any atom is 0.377 e. The minimum absolute atomic E-state index is 0.141. The first-order valence-electron chi connectivity index (χ1n) is 8.33. The normalized spacial score (nSPS) is 12.7. The zero-order valence-corrected chi connectivity index (χ0v) is 16.6. The standard InChI is InChI=1S/C17H30N2O5S/c1-6-22-14(20)12-13(15(21)23-7-2)24-19-16(18)17(3,4)10-8-9-11-25-5/h12H,6-11H2,1-5H3,(H2,18,19)/b13-12+. The maximum absolute atomic E-state index is 11.9. The molecular weight excluding hydrogens is 344 g/mol. The van der Waals surface area contributed by atoms with Gasteiger partial charge in [-0.05, 0) is 38.7 Å². The van der Waals surface area contributed by atoms with E-state index in [1.807, 2.05) is 13.8 Å². The van der Waals surface area contributed by atoms with Crippen molar-refractivity contribution in [1.29, 1.82) is 0 Å². The van der Waals surface area contributed by atoms with Crippen molar-refractivity contribution in [2.24, 2.45) is 16.3 Å². The number of esters is 2. The van der Waals surface area contributed by atoms with Crippen LogP contribution < -0.4 is 5.73 Å². The molecule has 0 aliphatic carbocycles. The fraction of sp³-hybridized carbons (Fsp3) is 0.706. The molecule has 0 saturated carbocycles. The highest BCUT2D eigenvalue weighted by molar-refractivity contribution is 7.98. The third kappa shape index (κ3) is 10.0. The highest BCUT2D eigenvalue weighted by atomic mass is 32.2. The lowest BCUT2D eigenvalue weighted by atomic mass is 9.86. The Balaban J connectivity index is 5.00. The minimum atomic E-state index is -0.801. The van der Waals surface area contributed by atoms with Gasteiger partial charge in [-0.1, -0.05) is 25.4 Å². The lowest BCUT2D eigenvalue weighted by Gasteiger charge is -2.23. The summed E-state index contributed by atoms with van der Waals surface area (Å²) in [5, 5.41) is 3.82. The van der Waals surface area contributed by atoms with E-state index in [0.717, 1.165) is 31.1 Å². The highest BCUT2D eigenvalue weighted by Gasteiger charge is 2.24. The molecule has 0 aromatic carbocycles. The number of rotatable bonds is 12. The van der Waals surface area contributed by atoms with Crippen LogP contribution in [0, 0.1) is 5.41 Å². The van der Waals surface area contributed by atoms with Crippen molar-refractivity contribution >= 4 is 29.5 Å². The number of carbonyl (C=O) groups is 2. The van der Waals surface area contributed by atoms with E-state index in [2.05, 4.69) is 11.4 Å². The largest absolute Gasteiger partial charge is 0.463 e. The van der Waals surface area contributed by atoms with Crippen LogP contribution in [0.5, 0.6) is 0 Å². The van der Waals surface area contributed by atoms with Gasteiger partial charge in [0.05, 0.1) is 19.3 Å². The molecule has 0 fully saturated rings. The molecule has 2 N–H and O–H groups in total. The summed E-state index contributed by atoms with van der Waals surface area (Å²) in [4.78, 5) is 28.5. The number of ether oxygens (including phenoxy) is 2. The van der Waals surface area contributed by atoms with Gasteiger partial charge in [0.2, 0.25) is 5.76 Å². The zero-order valence-electron chi connectivity index (χ0n) is 15.8. The van der Waals surface area contributed by atoms with Gasteiger partial charge in [0.1, 0.15) is 5.84 Å². The lowest BCUT2D eigenvalue weighted by Crippen LogP contribution is -2.32. The second kappa shape index (κ2) is 12.6. The molecule has 144 valence electrons. The summed E-state index contributed by atoms with van der Waals surface area (Å²) in [5.41, 5.74) is 5.62. The van der Waals surface area contributed by atoms with Crippen molar-refractivity contribution in [3.63, 3.8) is 0 Å². The van der Waals surface area contributed by atoms with Gasteiger partial charge in [-0.15, -0.1) is 0 Å². The average Bonchev–Trinajstić information content (AvgIpc) is 2.55. The van der Waals surface area contributed by atoms with Crippen LogP contribution in [0.25, 0.3) is 0 Å². The highest BCUT2D eigenvalue weighted by Crippen LogP contribution is 2.24. The van der Waals surface area contributed by atoms with Gasteiger partial charge in [-0.2, -0.15) is 11.8 Å². The number of nitrogens with zero attached hydrogens (tertiary/aromatic N) is 1. The molecule has 8 heteroatoms. The molecule has 7 nitrogen and oxygen atoms in total. The topological polar surface area (TPSA) is 100 Å². The number of amidine groups is 1. The Bertz CT molecular complexity index is 489. The summed E-state index contributed by atoms with van der Waals surface area (Å²) < 4.78 is 9.61. The van der Waals surface area contributed by atoms with Crippen molar-refractivity contribution in [3.8, 4) is 0 Å². The molecule has 0 atom stereocenters. The van der Waals surface area contributed by atoms with Crippen LogP contribution in [-0.2, 0) is 23.9 Å². The third-order valence-corrected chi connectivity index (χ3v) is 4.05. The number of oxime groups is 1. The van der Waals surface area contributed by atoms with E-state index in [-0.39, 0.29) is 30.2 Å². The molecule has 0 aromatic rings. The molecule has 0 spiro atoms. The van der Waals surface area contributed by atoms with E-state index in [0.29, 0.717) is 0 Å². The summed E-state index contributed by atoms with van der Waals surface area (Å²) in [5.74, 6) is -0.531. The number of unbranched alkanes of at least 4 members (excludes halogenated alkanes) is 1. The number of hydrogen-bond donors (Lipinski definition) is 1. The molecule has 0 unspecified atom stereocenters. The molecule has 0 rings (SSSR count). The van der Waals surface area contributed by atoms with Gasteiger partial charge in [0, 0.05) is 5.41 Å². The van der Waals surface area contributed by atoms with Gasteiger partial charge in [0.25, 0.3) is 0 Å². The Morgan fingerprint density at radius 1 is 1.16 bits per heavy atom. The van der Waals surface area contributed by atoms with Gasteiger partial charge < -0.3 is 20.0 Å². The molecular formula is C17H30N2O5S. The molecule has 0 aliphatic heterocycles. The quantitative estimate of drug-likeness (QED) is 0.107. The Morgan fingerprint density at radius 2 is 1.80 bits per heavy atom. The predicted octanol–water partition coefficient (Wildman–Crippen LogP) is 2.84. The van der Waals surface area contributed by atoms with E-state index in [1.54, 1.807) is 25.6 Å². The molecule has 0 amide bonds. The molecule has 0 radical (unpaired) electrons. The molecule has 0 bridgehead atoms. The molecule has 25 heavy (non-hydrogen) atoms. The van der Waals surface area contributed by atoms with Crippen molar-refractivity contribution in [3.05, 3.63) is 11.8 Å². The van der Waals surface area contributed by atoms with Crippen molar-refractivity contribution in [2.75, 3.05) is 25.2 Å². The summed E-state index contributed by atoms with van der Waals surface area (Å²) in [7, 11) is 0. The number of carbonyl (C=O) groups excluding carboxylic acids is 2. The Hall–Kier alpha value is -1.70. The number of thioether (sulfide) groups is 1. The third-order valence-electron chi connectivity index (χ3n) is 3.35. The van der Waals surface area contributed by atoms with Crippen molar-refractivity contribution < 1.29 is 23.9 Å². The summed E-state index contributed by atoms with van der Waals surface area (Å²) in [6.45, 7) is 7.53. The van der Waals surface area contributed by atoms with E-state index >= 15 is 0 Å². The van der Waals surface area contributed by atoms with Crippen molar-refractivity contribution in [1.82, 2.24) is 0 Å². The summed E-state index contributed by atoms with van der Waals surface area (Å²) in [6, 6.07) is 0. The first-order valence-corrected chi connectivity index (χ1v) is 9.73. The summed E-state index contributed by atoms with van der Waals surface area (Å²) in [6.07, 6.45) is 5.91. The minimum Gasteiger partial charge on any atom is -0.463 e. The maximum atomic E-state index is 11.9. The molecule has 0 aliphatic rings. The van der Waals surface area contributed by atoms with Gasteiger partial charge in [-0.25, -0.2) is 9.59 Å². The Labute approximate surface area is 154 Å². The number of nitrogens with two attached hydrogens (primary N) is 1. The lowest BCUT2D eigenvalue weighted by molar-refractivity contribution is -0.144. The molecule has 0 saturated heterocycles. The first kappa shape index (κ1) is 23.3. The zero-order chi connectivity index (χ0) is 19.3. The van der Waals surface area contributed by atoms with Gasteiger partial charge >= 0.3 is 11.9 Å². The monoisotopic (exact) mass is 374 g/mol. The van der Waals surface area contributed by atoms with Crippen LogP contribution in [-0.4, -0.2) is 43.0 Å². The fourth-order valence-corrected chi connectivity index (χ4v) is 2.27. The van der Waals surface area contributed by atoms with Gasteiger partial charge in [0.15, 0.2) is 0 Å². The smallest absolute Gasteiger partial charge is 0.377 e. The van der Waals surface area contributed by atoms with Crippen LogP contribution in [0.4, 0.5) is 0 Å². The fourth-order valence-electron chi connectivity index (χ4n) is 1.78. The van der Waals surface area contributed by atoms with E-state index < -0.39 is 11.9 Å². The Morgan fingerprint density at radius 3 is 2.36 bits per heavy atom. The van der Waals surface area contributed by atoms with Crippen LogP contribution in [0.1, 0.15) is 47.0 Å².